The summed E-state index contributed by atoms with van der Waals surface area (Å²) >= 11 is 0. The summed E-state index contributed by atoms with van der Waals surface area (Å²) in [5, 5.41) is 6.24. The van der Waals surface area contributed by atoms with Crippen molar-refractivity contribution in [1.82, 2.24) is 24.9 Å². The van der Waals surface area contributed by atoms with E-state index in [9.17, 15) is 4.79 Å². The second-order valence-electron chi connectivity index (χ2n) is 9.52. The van der Waals surface area contributed by atoms with Crippen LogP contribution in [-0.2, 0) is 19.4 Å². The van der Waals surface area contributed by atoms with Gasteiger partial charge in [-0.1, -0.05) is 51.1 Å². The summed E-state index contributed by atoms with van der Waals surface area (Å²) in [7, 11) is 0. The number of hydrogen-bond donors (Lipinski definition) is 2. The average Bonchev–Trinajstić information content (AvgIpc) is 3.15. The number of fused-ring (bicyclic) bond motifs is 2. The summed E-state index contributed by atoms with van der Waals surface area (Å²) in [6.07, 6.45) is 5.77. The number of urea groups is 1. The molecule has 0 aliphatic carbocycles. The van der Waals surface area contributed by atoms with E-state index < -0.39 is 0 Å². The van der Waals surface area contributed by atoms with E-state index in [0.717, 1.165) is 37.4 Å². The van der Waals surface area contributed by atoms with Crippen LogP contribution in [0.1, 0.15) is 37.6 Å². The number of benzene rings is 1. The van der Waals surface area contributed by atoms with Crippen LogP contribution >= 0.6 is 0 Å². The lowest BCUT2D eigenvalue weighted by atomic mass is 9.86. The van der Waals surface area contributed by atoms with Crippen molar-refractivity contribution in [1.29, 1.82) is 0 Å². The van der Waals surface area contributed by atoms with Gasteiger partial charge in [-0.3, -0.25) is 4.90 Å². The number of amides is 2. The van der Waals surface area contributed by atoms with Crippen molar-refractivity contribution < 1.29 is 4.79 Å². The Morgan fingerprint density at radius 2 is 1.90 bits per heavy atom. The summed E-state index contributed by atoms with van der Waals surface area (Å²) in [5.41, 5.74) is 4.72. The number of hydrogen-bond acceptors (Lipinski definition) is 3. The van der Waals surface area contributed by atoms with E-state index in [1.165, 1.54) is 11.1 Å². The zero-order valence-electron chi connectivity index (χ0n) is 18.8. The maximum absolute atomic E-state index is 12.6. The number of carbonyl (C=O) groups is 1. The van der Waals surface area contributed by atoms with E-state index in [4.69, 9.17) is 0 Å². The molecule has 0 saturated heterocycles. The third-order valence-electron chi connectivity index (χ3n) is 6.08. The Kier molecular flexibility index (Phi) is 6.28. The minimum absolute atomic E-state index is 0.0318. The molecule has 0 fully saturated rings. The maximum atomic E-state index is 12.6. The van der Waals surface area contributed by atoms with Crippen molar-refractivity contribution in [2.45, 2.75) is 46.2 Å². The molecule has 0 bridgehead atoms. The van der Waals surface area contributed by atoms with Crippen molar-refractivity contribution in [2.75, 3.05) is 19.6 Å². The standard InChI is InChI=1S/C25H33N5O/c1-25(2,3)22(18-29-15-12-19-8-4-5-9-20(19)16-29)28-24(31)26-13-11-21-17-30-14-7-6-10-23(30)27-21/h4-10,14,17,22H,11-13,15-16,18H2,1-3H3,(H2,26,28,31)/t22-/m0/s1. The van der Waals surface area contributed by atoms with Crippen LogP contribution in [0.2, 0.25) is 0 Å². The van der Waals surface area contributed by atoms with E-state index in [0.29, 0.717) is 13.0 Å². The summed E-state index contributed by atoms with van der Waals surface area (Å²) in [4.78, 5) is 19.7. The predicted molar refractivity (Wildman–Crippen MR) is 124 cm³/mol. The van der Waals surface area contributed by atoms with E-state index >= 15 is 0 Å². The second kappa shape index (κ2) is 9.10. The Balaban J connectivity index is 1.29. The van der Waals surface area contributed by atoms with Crippen LogP contribution in [0.4, 0.5) is 4.79 Å². The fraction of sp³-hybridized carbons (Fsp3) is 0.440. The molecule has 1 aliphatic rings. The summed E-state index contributed by atoms with van der Waals surface area (Å²) in [5.74, 6) is 0. The van der Waals surface area contributed by atoms with Gasteiger partial charge in [0.25, 0.3) is 0 Å². The van der Waals surface area contributed by atoms with E-state index in [1.54, 1.807) is 0 Å². The second-order valence-corrected chi connectivity index (χ2v) is 9.52. The molecule has 0 unspecified atom stereocenters. The molecule has 3 aromatic rings. The molecule has 0 spiro atoms. The Bertz CT molecular complexity index is 1000. The summed E-state index contributed by atoms with van der Waals surface area (Å²) < 4.78 is 2.00. The molecule has 164 valence electrons. The van der Waals surface area contributed by atoms with Gasteiger partial charge < -0.3 is 15.0 Å². The first-order chi connectivity index (χ1) is 14.9. The van der Waals surface area contributed by atoms with Crippen LogP contribution in [0.3, 0.4) is 0 Å². The normalized spacial score (nSPS) is 15.5. The van der Waals surface area contributed by atoms with Gasteiger partial charge >= 0.3 is 6.03 Å². The van der Waals surface area contributed by atoms with Crippen LogP contribution < -0.4 is 10.6 Å². The van der Waals surface area contributed by atoms with Crippen molar-refractivity contribution in [2.24, 2.45) is 5.41 Å². The van der Waals surface area contributed by atoms with Gasteiger partial charge in [-0.2, -0.15) is 0 Å². The van der Waals surface area contributed by atoms with Crippen LogP contribution in [0, 0.1) is 5.41 Å². The first-order valence-electron chi connectivity index (χ1n) is 11.1. The zero-order valence-corrected chi connectivity index (χ0v) is 18.8. The van der Waals surface area contributed by atoms with Gasteiger partial charge in [0.2, 0.25) is 0 Å². The molecule has 0 saturated carbocycles. The van der Waals surface area contributed by atoms with Gasteiger partial charge in [0.05, 0.1) is 5.69 Å². The number of pyridine rings is 1. The molecule has 2 N–H and O–H groups in total. The molecule has 3 heterocycles. The predicted octanol–water partition coefficient (Wildman–Crippen LogP) is 3.65. The van der Waals surface area contributed by atoms with Crippen LogP contribution in [-0.4, -0.2) is 46.0 Å². The van der Waals surface area contributed by atoms with Gasteiger partial charge in [-0.05, 0) is 35.1 Å². The van der Waals surface area contributed by atoms with Gasteiger partial charge in [-0.25, -0.2) is 9.78 Å². The first kappa shape index (κ1) is 21.4. The number of nitrogens with zero attached hydrogens (tertiary/aromatic N) is 3. The van der Waals surface area contributed by atoms with E-state index in [-0.39, 0.29) is 17.5 Å². The Morgan fingerprint density at radius 3 is 2.68 bits per heavy atom. The monoisotopic (exact) mass is 419 g/mol. The van der Waals surface area contributed by atoms with E-state index in [2.05, 4.69) is 65.6 Å². The number of nitrogens with one attached hydrogen (secondary N) is 2. The molecule has 2 amide bonds. The SMILES string of the molecule is CC(C)(C)[C@H](CN1CCc2ccccc2C1)NC(=O)NCCc1cn2ccccc2n1. The molecule has 6 heteroatoms. The molecule has 4 rings (SSSR count). The fourth-order valence-corrected chi connectivity index (χ4v) is 4.13. The smallest absolute Gasteiger partial charge is 0.315 e. The summed E-state index contributed by atoms with van der Waals surface area (Å²) in [6, 6.07) is 14.6. The molecule has 1 aliphatic heterocycles. The summed E-state index contributed by atoms with van der Waals surface area (Å²) in [6.45, 7) is 9.94. The zero-order chi connectivity index (χ0) is 21.8. The molecule has 31 heavy (non-hydrogen) atoms. The van der Waals surface area contributed by atoms with Crippen molar-refractivity contribution in [3.8, 4) is 0 Å². The number of carbonyl (C=O) groups excluding carboxylic acids is 1. The van der Waals surface area contributed by atoms with E-state index in [1.807, 2.05) is 35.0 Å². The Labute approximate surface area is 184 Å². The number of rotatable bonds is 6. The third-order valence-corrected chi connectivity index (χ3v) is 6.08. The first-order valence-corrected chi connectivity index (χ1v) is 11.1. The fourth-order valence-electron chi connectivity index (χ4n) is 4.13. The highest BCUT2D eigenvalue weighted by Gasteiger charge is 2.29. The highest BCUT2D eigenvalue weighted by molar-refractivity contribution is 5.74. The topological polar surface area (TPSA) is 61.7 Å². The average molecular weight is 420 g/mol. The minimum Gasteiger partial charge on any atom is -0.338 e. The van der Waals surface area contributed by atoms with Gasteiger partial charge in [0, 0.05) is 51.0 Å². The van der Waals surface area contributed by atoms with Crippen LogP contribution in [0.25, 0.3) is 5.65 Å². The lowest BCUT2D eigenvalue weighted by molar-refractivity contribution is 0.161. The highest BCUT2D eigenvalue weighted by Crippen LogP contribution is 2.24. The number of aromatic nitrogens is 2. The quantitative estimate of drug-likeness (QED) is 0.641. The van der Waals surface area contributed by atoms with Crippen LogP contribution in [0.5, 0.6) is 0 Å². The third kappa shape index (κ3) is 5.44. The molecular weight excluding hydrogens is 386 g/mol. The van der Waals surface area contributed by atoms with Crippen molar-refractivity contribution in [3.05, 3.63) is 71.7 Å². The maximum Gasteiger partial charge on any atom is 0.315 e. The molecule has 0 radical (unpaired) electrons. The van der Waals surface area contributed by atoms with Crippen molar-refractivity contribution in [3.63, 3.8) is 0 Å². The lowest BCUT2D eigenvalue weighted by Crippen LogP contribution is -2.54. The molecule has 1 aromatic carbocycles. The van der Waals surface area contributed by atoms with Gasteiger partial charge in [0.15, 0.2) is 0 Å². The Hall–Kier alpha value is -2.86. The molecule has 1 atom stereocenters. The van der Waals surface area contributed by atoms with Crippen LogP contribution in [0.15, 0.2) is 54.9 Å². The number of imidazole rings is 1. The lowest BCUT2D eigenvalue weighted by Gasteiger charge is -2.37. The highest BCUT2D eigenvalue weighted by atomic mass is 16.2. The van der Waals surface area contributed by atoms with Crippen molar-refractivity contribution >= 4 is 11.7 Å². The Morgan fingerprint density at radius 1 is 1.13 bits per heavy atom. The van der Waals surface area contributed by atoms with Gasteiger partial charge in [-0.15, -0.1) is 0 Å². The molecule has 6 nitrogen and oxygen atoms in total. The van der Waals surface area contributed by atoms with Gasteiger partial charge in [0.1, 0.15) is 5.65 Å². The largest absolute Gasteiger partial charge is 0.338 e. The molecule has 2 aromatic heterocycles. The molecular formula is C25H33N5O. The minimum atomic E-state index is -0.110.